The maximum Gasteiger partial charge on any atom is 0.322 e. The molecule has 0 radical (unpaired) electrons. The van der Waals surface area contributed by atoms with E-state index in [4.69, 9.17) is 4.42 Å². The normalized spacial score (nSPS) is 10.5. The highest BCUT2D eigenvalue weighted by Crippen LogP contribution is 2.19. The van der Waals surface area contributed by atoms with Crippen molar-refractivity contribution in [2.45, 2.75) is 20.0 Å². The van der Waals surface area contributed by atoms with Gasteiger partial charge in [0.15, 0.2) is 0 Å². The smallest absolute Gasteiger partial charge is 0.322 e. The van der Waals surface area contributed by atoms with Crippen LogP contribution in [0.5, 0.6) is 0 Å². The van der Waals surface area contributed by atoms with E-state index in [2.05, 4.69) is 15.5 Å². The number of aromatic nitrogens is 2. The molecule has 1 N–H and O–H groups in total. The maximum absolute atomic E-state index is 12.5. The van der Waals surface area contributed by atoms with Crippen molar-refractivity contribution in [2.75, 3.05) is 19.4 Å². The third kappa shape index (κ3) is 4.74. The van der Waals surface area contributed by atoms with Gasteiger partial charge in [-0.3, -0.25) is 4.79 Å². The van der Waals surface area contributed by atoms with Crippen molar-refractivity contribution < 1.29 is 14.0 Å². The summed E-state index contributed by atoms with van der Waals surface area (Å²) >= 11 is 1.40. The molecule has 9 heteroatoms. The second-order valence-corrected chi connectivity index (χ2v) is 7.24. The summed E-state index contributed by atoms with van der Waals surface area (Å²) in [6.45, 7) is 2.27. The average Bonchev–Trinajstić information content (AvgIpc) is 3.34. The monoisotopic (exact) mass is 399 g/mol. The molecule has 0 atom stereocenters. The number of benzene rings is 1. The Bertz CT molecular complexity index is 954. The zero-order chi connectivity index (χ0) is 20.1. The van der Waals surface area contributed by atoms with Crippen molar-refractivity contribution in [3.8, 4) is 0 Å². The first kappa shape index (κ1) is 19.6. The summed E-state index contributed by atoms with van der Waals surface area (Å²) in [4.78, 5) is 28.8. The van der Waals surface area contributed by atoms with Crippen LogP contribution < -0.4 is 5.32 Å². The lowest BCUT2D eigenvalue weighted by Crippen LogP contribution is -2.32. The van der Waals surface area contributed by atoms with E-state index in [-0.39, 0.29) is 18.5 Å². The summed E-state index contributed by atoms with van der Waals surface area (Å²) in [5, 5.41) is 12.4. The molecule has 0 saturated carbocycles. The average molecular weight is 399 g/mol. The Labute approximate surface area is 166 Å². The standard InChI is InChI=1S/C19H21N5O3S/c1-13-21-22-17(27-13)12-24(3)19(26)20-15-8-5-4-7-14(15)11-23(2)18(25)16-9-6-10-28-16/h4-10H,11-12H2,1-3H3,(H,20,26). The summed E-state index contributed by atoms with van der Waals surface area (Å²) in [5.41, 5.74) is 1.48. The number of nitrogens with zero attached hydrogens (tertiary/aromatic N) is 4. The van der Waals surface area contributed by atoms with Crippen LogP contribution in [0.3, 0.4) is 0 Å². The van der Waals surface area contributed by atoms with Crippen molar-refractivity contribution >= 4 is 29.0 Å². The number of rotatable bonds is 6. The molecule has 2 aromatic heterocycles. The SMILES string of the molecule is Cc1nnc(CN(C)C(=O)Nc2ccccc2CN(C)C(=O)c2cccs2)o1. The van der Waals surface area contributed by atoms with Gasteiger partial charge in [-0.25, -0.2) is 4.79 Å². The Morgan fingerprint density at radius 3 is 2.54 bits per heavy atom. The maximum atomic E-state index is 12.5. The Morgan fingerprint density at radius 2 is 1.86 bits per heavy atom. The number of urea groups is 1. The first-order valence-electron chi connectivity index (χ1n) is 8.62. The number of anilines is 1. The van der Waals surface area contributed by atoms with E-state index in [0.29, 0.717) is 28.9 Å². The molecule has 2 heterocycles. The fourth-order valence-electron chi connectivity index (χ4n) is 2.58. The van der Waals surface area contributed by atoms with Gasteiger partial charge in [0, 0.05) is 33.3 Å². The molecule has 0 unspecified atom stereocenters. The zero-order valence-corrected chi connectivity index (χ0v) is 16.7. The molecule has 8 nitrogen and oxygen atoms in total. The second kappa shape index (κ2) is 8.66. The number of nitrogens with one attached hydrogen (secondary N) is 1. The van der Waals surface area contributed by atoms with Crippen LogP contribution in [-0.4, -0.2) is 46.0 Å². The van der Waals surface area contributed by atoms with E-state index in [0.717, 1.165) is 5.56 Å². The molecule has 0 spiro atoms. The quantitative estimate of drug-likeness (QED) is 0.686. The van der Waals surface area contributed by atoms with Crippen molar-refractivity contribution in [3.05, 3.63) is 64.0 Å². The van der Waals surface area contributed by atoms with E-state index >= 15 is 0 Å². The molecule has 0 bridgehead atoms. The van der Waals surface area contributed by atoms with Crippen molar-refractivity contribution in [2.24, 2.45) is 0 Å². The Hall–Kier alpha value is -3.20. The summed E-state index contributed by atoms with van der Waals surface area (Å²) in [5.74, 6) is 0.761. The molecule has 0 aliphatic heterocycles. The third-order valence-corrected chi connectivity index (χ3v) is 4.89. The molecule has 146 valence electrons. The minimum atomic E-state index is -0.310. The van der Waals surface area contributed by atoms with Crippen LogP contribution in [0.1, 0.15) is 27.0 Å². The molecule has 0 fully saturated rings. The number of carbonyl (C=O) groups excluding carboxylic acids is 2. The van der Waals surface area contributed by atoms with Crippen LogP contribution in [0.25, 0.3) is 0 Å². The summed E-state index contributed by atoms with van der Waals surface area (Å²) < 4.78 is 5.31. The van der Waals surface area contributed by atoms with Gasteiger partial charge in [-0.05, 0) is 23.1 Å². The largest absolute Gasteiger partial charge is 0.424 e. The Balaban J connectivity index is 1.66. The van der Waals surface area contributed by atoms with Crippen LogP contribution in [0.4, 0.5) is 10.5 Å². The predicted octanol–water partition coefficient (Wildman–Crippen LogP) is 3.38. The van der Waals surface area contributed by atoms with Crippen molar-refractivity contribution in [1.29, 1.82) is 0 Å². The molecule has 3 rings (SSSR count). The lowest BCUT2D eigenvalue weighted by molar-refractivity contribution is 0.0790. The fourth-order valence-corrected chi connectivity index (χ4v) is 3.30. The van der Waals surface area contributed by atoms with Gasteiger partial charge < -0.3 is 19.5 Å². The topological polar surface area (TPSA) is 91.6 Å². The van der Waals surface area contributed by atoms with E-state index in [1.807, 2.05) is 29.6 Å². The highest BCUT2D eigenvalue weighted by molar-refractivity contribution is 7.12. The number of amides is 3. The van der Waals surface area contributed by atoms with Gasteiger partial charge in [-0.15, -0.1) is 21.5 Å². The fraction of sp³-hybridized carbons (Fsp3) is 0.263. The number of aryl methyl sites for hydroxylation is 1. The van der Waals surface area contributed by atoms with E-state index in [9.17, 15) is 9.59 Å². The van der Waals surface area contributed by atoms with Crippen LogP contribution in [-0.2, 0) is 13.1 Å². The van der Waals surface area contributed by atoms with Gasteiger partial charge in [0.25, 0.3) is 5.91 Å². The minimum Gasteiger partial charge on any atom is -0.424 e. The number of carbonyl (C=O) groups is 2. The van der Waals surface area contributed by atoms with E-state index in [1.165, 1.54) is 16.2 Å². The van der Waals surface area contributed by atoms with Gasteiger partial charge in [0.05, 0.1) is 4.88 Å². The van der Waals surface area contributed by atoms with Crippen molar-refractivity contribution in [1.82, 2.24) is 20.0 Å². The lowest BCUT2D eigenvalue weighted by Gasteiger charge is -2.21. The highest BCUT2D eigenvalue weighted by Gasteiger charge is 2.17. The number of hydrogen-bond acceptors (Lipinski definition) is 6. The Kier molecular flexibility index (Phi) is 6.05. The van der Waals surface area contributed by atoms with Gasteiger partial charge >= 0.3 is 6.03 Å². The van der Waals surface area contributed by atoms with Crippen LogP contribution in [0, 0.1) is 6.92 Å². The van der Waals surface area contributed by atoms with Crippen molar-refractivity contribution in [3.63, 3.8) is 0 Å². The highest BCUT2D eigenvalue weighted by atomic mass is 32.1. The molecule has 3 aromatic rings. The lowest BCUT2D eigenvalue weighted by atomic mass is 10.1. The van der Waals surface area contributed by atoms with Crippen LogP contribution >= 0.6 is 11.3 Å². The second-order valence-electron chi connectivity index (χ2n) is 6.30. The molecule has 0 saturated heterocycles. The van der Waals surface area contributed by atoms with Crippen LogP contribution in [0.2, 0.25) is 0 Å². The summed E-state index contributed by atoms with van der Waals surface area (Å²) in [6, 6.07) is 10.7. The van der Waals surface area contributed by atoms with Gasteiger partial charge in [0.2, 0.25) is 11.8 Å². The minimum absolute atomic E-state index is 0.0555. The molecule has 0 aliphatic rings. The van der Waals surface area contributed by atoms with Gasteiger partial charge in [-0.1, -0.05) is 24.3 Å². The van der Waals surface area contributed by atoms with Gasteiger partial charge in [-0.2, -0.15) is 0 Å². The third-order valence-electron chi connectivity index (χ3n) is 4.03. The molecule has 3 amide bonds. The first-order valence-corrected chi connectivity index (χ1v) is 9.50. The Morgan fingerprint density at radius 1 is 1.07 bits per heavy atom. The molecule has 28 heavy (non-hydrogen) atoms. The number of para-hydroxylation sites is 1. The van der Waals surface area contributed by atoms with Gasteiger partial charge in [0.1, 0.15) is 6.54 Å². The van der Waals surface area contributed by atoms with E-state index < -0.39 is 0 Å². The number of hydrogen-bond donors (Lipinski definition) is 1. The summed E-state index contributed by atoms with van der Waals surface area (Å²) in [7, 11) is 3.38. The van der Waals surface area contributed by atoms with E-state index in [1.54, 1.807) is 38.1 Å². The zero-order valence-electron chi connectivity index (χ0n) is 15.9. The first-order chi connectivity index (χ1) is 13.4. The molecule has 0 aliphatic carbocycles. The molecular weight excluding hydrogens is 378 g/mol. The molecular formula is C19H21N5O3S. The predicted molar refractivity (Wildman–Crippen MR) is 106 cm³/mol. The molecule has 1 aromatic carbocycles. The number of thiophene rings is 1. The van der Waals surface area contributed by atoms with Crippen LogP contribution in [0.15, 0.2) is 46.2 Å². The summed E-state index contributed by atoms with van der Waals surface area (Å²) in [6.07, 6.45) is 0.